The highest BCUT2D eigenvalue weighted by Gasteiger charge is 2.14. The minimum Gasteiger partial charge on any atom is -0.388 e. The summed E-state index contributed by atoms with van der Waals surface area (Å²) >= 11 is 9.28. The van der Waals surface area contributed by atoms with Crippen LogP contribution in [0, 0.1) is 11.3 Å². The first-order valence-corrected chi connectivity index (χ1v) is 6.77. The molecule has 19 heavy (non-hydrogen) atoms. The number of pyridine rings is 1. The van der Waals surface area contributed by atoms with Crippen molar-refractivity contribution in [1.82, 2.24) is 4.98 Å². The van der Waals surface area contributed by atoms with Crippen LogP contribution in [-0.2, 0) is 6.42 Å². The topological polar surface area (TPSA) is 56.9 Å². The third-order valence-electron chi connectivity index (χ3n) is 2.71. The fourth-order valence-corrected chi connectivity index (χ4v) is 2.40. The molecule has 1 atom stereocenters. The van der Waals surface area contributed by atoms with Crippen molar-refractivity contribution in [2.24, 2.45) is 0 Å². The maximum absolute atomic E-state index is 10.1. The van der Waals surface area contributed by atoms with E-state index in [1.54, 1.807) is 6.07 Å². The van der Waals surface area contributed by atoms with Gasteiger partial charge in [0.2, 0.25) is 0 Å². The summed E-state index contributed by atoms with van der Waals surface area (Å²) in [7, 11) is 0. The normalized spacial score (nSPS) is 11.9. The fourth-order valence-electron chi connectivity index (χ4n) is 1.73. The maximum atomic E-state index is 10.1. The molecule has 1 heterocycles. The van der Waals surface area contributed by atoms with Crippen molar-refractivity contribution in [3.63, 3.8) is 0 Å². The fraction of sp³-hybridized carbons (Fsp3) is 0.143. The Labute approximate surface area is 124 Å². The van der Waals surface area contributed by atoms with Crippen LogP contribution in [-0.4, -0.2) is 10.1 Å². The number of rotatable bonds is 3. The van der Waals surface area contributed by atoms with E-state index in [1.807, 2.05) is 36.4 Å². The molecule has 0 radical (unpaired) electrons. The van der Waals surface area contributed by atoms with E-state index in [0.29, 0.717) is 16.5 Å². The molecular formula is C14H10BrClN2O. The molecule has 5 heteroatoms. The van der Waals surface area contributed by atoms with Crippen molar-refractivity contribution >= 4 is 27.5 Å². The molecule has 0 aliphatic carbocycles. The maximum Gasteiger partial charge on any atom is 0.156 e. The summed E-state index contributed by atoms with van der Waals surface area (Å²) in [5.74, 6) is 0. The lowest BCUT2D eigenvalue weighted by atomic mass is 10.0. The molecule has 1 aromatic heterocycles. The van der Waals surface area contributed by atoms with E-state index >= 15 is 0 Å². The molecule has 3 nitrogen and oxygen atoms in total. The van der Waals surface area contributed by atoms with Crippen molar-refractivity contribution in [3.8, 4) is 6.07 Å². The average molecular weight is 338 g/mol. The SMILES string of the molecule is N#Cc1nc(Cl)c(C[C@@H](O)c2ccccc2)cc1Br. The first-order valence-electron chi connectivity index (χ1n) is 5.60. The van der Waals surface area contributed by atoms with Gasteiger partial charge < -0.3 is 5.11 Å². The standard InChI is InChI=1S/C14H10BrClN2O/c15-11-6-10(14(16)18-12(11)8-17)7-13(19)9-4-2-1-3-5-9/h1-6,13,19H,7H2/t13-/m1/s1. The lowest BCUT2D eigenvalue weighted by molar-refractivity contribution is 0.178. The van der Waals surface area contributed by atoms with E-state index in [2.05, 4.69) is 20.9 Å². The predicted molar refractivity (Wildman–Crippen MR) is 76.8 cm³/mol. The van der Waals surface area contributed by atoms with Gasteiger partial charge in [0.25, 0.3) is 0 Å². The zero-order valence-electron chi connectivity index (χ0n) is 9.85. The van der Waals surface area contributed by atoms with E-state index in [1.165, 1.54) is 0 Å². The highest BCUT2D eigenvalue weighted by atomic mass is 79.9. The van der Waals surface area contributed by atoms with E-state index < -0.39 is 6.10 Å². The Morgan fingerprint density at radius 3 is 2.68 bits per heavy atom. The second kappa shape index (κ2) is 6.16. The van der Waals surface area contributed by atoms with Gasteiger partial charge >= 0.3 is 0 Å². The molecule has 1 N–H and O–H groups in total. The second-order valence-corrected chi connectivity index (χ2v) is 5.22. The summed E-state index contributed by atoms with van der Waals surface area (Å²) in [6.07, 6.45) is -0.305. The van der Waals surface area contributed by atoms with Gasteiger partial charge in [-0.05, 0) is 33.1 Å². The molecule has 0 aliphatic heterocycles. The summed E-state index contributed by atoms with van der Waals surface area (Å²) in [5.41, 5.74) is 1.76. The number of hydrogen-bond acceptors (Lipinski definition) is 3. The van der Waals surface area contributed by atoms with Gasteiger partial charge in [-0.25, -0.2) is 4.98 Å². The van der Waals surface area contributed by atoms with Crippen molar-refractivity contribution in [1.29, 1.82) is 5.26 Å². The minimum atomic E-state index is -0.652. The number of aliphatic hydroxyl groups is 1. The largest absolute Gasteiger partial charge is 0.388 e. The number of aliphatic hydroxyl groups excluding tert-OH is 1. The zero-order valence-corrected chi connectivity index (χ0v) is 12.2. The molecule has 0 fully saturated rings. The summed E-state index contributed by atoms with van der Waals surface area (Å²) in [5, 5.41) is 19.2. The smallest absolute Gasteiger partial charge is 0.156 e. The van der Waals surface area contributed by atoms with Crippen LogP contribution in [0.15, 0.2) is 40.9 Å². The first kappa shape index (κ1) is 14.0. The molecule has 2 aromatic rings. The van der Waals surface area contributed by atoms with Crippen molar-refractivity contribution in [2.45, 2.75) is 12.5 Å². The summed E-state index contributed by atoms with van der Waals surface area (Å²) in [6.45, 7) is 0. The van der Waals surface area contributed by atoms with Crippen molar-refractivity contribution in [3.05, 3.63) is 62.8 Å². The van der Waals surface area contributed by atoms with Crippen LogP contribution in [0.2, 0.25) is 5.15 Å². The van der Waals surface area contributed by atoms with E-state index in [9.17, 15) is 5.11 Å². The molecule has 0 aliphatic rings. The number of hydrogen-bond donors (Lipinski definition) is 1. The molecule has 0 saturated carbocycles. The van der Waals surface area contributed by atoms with Crippen LogP contribution in [0.3, 0.4) is 0 Å². The third-order valence-corrected chi connectivity index (χ3v) is 3.64. The molecule has 0 amide bonds. The van der Waals surface area contributed by atoms with Crippen LogP contribution in [0.25, 0.3) is 0 Å². The number of benzene rings is 1. The minimum absolute atomic E-state index is 0.239. The second-order valence-electron chi connectivity index (χ2n) is 4.01. The predicted octanol–water partition coefficient (Wildman–Crippen LogP) is 3.65. The first-order chi connectivity index (χ1) is 9.11. The Hall–Kier alpha value is -1.41. The van der Waals surface area contributed by atoms with Crippen molar-refractivity contribution < 1.29 is 5.11 Å². The van der Waals surface area contributed by atoms with E-state index in [4.69, 9.17) is 16.9 Å². The van der Waals surface area contributed by atoms with Gasteiger partial charge in [-0.2, -0.15) is 5.26 Å². The lowest BCUT2D eigenvalue weighted by Crippen LogP contribution is -2.03. The van der Waals surface area contributed by atoms with Crippen LogP contribution >= 0.6 is 27.5 Å². The Balaban J connectivity index is 2.25. The van der Waals surface area contributed by atoms with Crippen LogP contribution < -0.4 is 0 Å². The van der Waals surface area contributed by atoms with Gasteiger partial charge in [0, 0.05) is 6.42 Å². The summed E-state index contributed by atoms with van der Waals surface area (Å²) in [6, 6.07) is 13.0. The lowest BCUT2D eigenvalue weighted by Gasteiger charge is -2.12. The number of nitriles is 1. The van der Waals surface area contributed by atoms with Crippen LogP contribution in [0.5, 0.6) is 0 Å². The van der Waals surface area contributed by atoms with Gasteiger partial charge in [-0.15, -0.1) is 0 Å². The average Bonchev–Trinajstić information content (AvgIpc) is 2.43. The monoisotopic (exact) mass is 336 g/mol. The molecule has 0 unspecified atom stereocenters. The van der Waals surface area contributed by atoms with Gasteiger partial charge in [0.05, 0.1) is 10.6 Å². The highest BCUT2D eigenvalue weighted by Crippen LogP contribution is 2.26. The van der Waals surface area contributed by atoms with Crippen molar-refractivity contribution in [2.75, 3.05) is 0 Å². The van der Waals surface area contributed by atoms with E-state index in [-0.39, 0.29) is 10.8 Å². The van der Waals surface area contributed by atoms with Gasteiger partial charge in [0.15, 0.2) is 5.69 Å². The summed E-state index contributed by atoms with van der Waals surface area (Å²) in [4.78, 5) is 3.98. The Morgan fingerprint density at radius 1 is 1.37 bits per heavy atom. The third kappa shape index (κ3) is 3.32. The van der Waals surface area contributed by atoms with Crippen LogP contribution in [0.1, 0.15) is 22.9 Å². The molecule has 0 spiro atoms. The van der Waals surface area contributed by atoms with Gasteiger partial charge in [0.1, 0.15) is 11.2 Å². The Bertz CT molecular complexity index is 625. The number of halogens is 2. The quantitative estimate of drug-likeness (QED) is 0.870. The molecule has 2 rings (SSSR count). The Kier molecular flexibility index (Phi) is 4.54. The number of aromatic nitrogens is 1. The van der Waals surface area contributed by atoms with E-state index in [0.717, 1.165) is 5.56 Å². The molecule has 1 aromatic carbocycles. The summed E-state index contributed by atoms with van der Waals surface area (Å²) < 4.78 is 0.578. The zero-order chi connectivity index (χ0) is 13.8. The number of nitrogens with zero attached hydrogens (tertiary/aromatic N) is 2. The van der Waals surface area contributed by atoms with Crippen LogP contribution in [0.4, 0.5) is 0 Å². The molecule has 0 bridgehead atoms. The van der Waals surface area contributed by atoms with Gasteiger partial charge in [-0.3, -0.25) is 0 Å². The molecule has 0 saturated heterocycles. The Morgan fingerprint density at radius 2 is 2.05 bits per heavy atom. The molecular weight excluding hydrogens is 328 g/mol. The molecule has 96 valence electrons. The highest BCUT2D eigenvalue weighted by molar-refractivity contribution is 9.10. The van der Waals surface area contributed by atoms with Gasteiger partial charge in [-0.1, -0.05) is 41.9 Å².